The van der Waals surface area contributed by atoms with Gasteiger partial charge in [-0.1, -0.05) is 30.4 Å². The number of allylic oxidation sites excluding steroid dienone is 6. The van der Waals surface area contributed by atoms with E-state index in [4.69, 9.17) is 0 Å². The smallest absolute Gasteiger partial charge is 0.0227 e. The summed E-state index contributed by atoms with van der Waals surface area (Å²) in [4.78, 5) is 0. The molecule has 0 saturated heterocycles. The topological polar surface area (TPSA) is 0 Å². The van der Waals surface area contributed by atoms with E-state index in [1.54, 1.807) is 0 Å². The average molecular weight is 133 g/mol. The van der Waals surface area contributed by atoms with Crippen molar-refractivity contribution in [2.45, 2.75) is 25.7 Å². The third-order valence-corrected chi connectivity index (χ3v) is 1.53. The zero-order valence-corrected chi connectivity index (χ0v) is 6.22. The van der Waals surface area contributed by atoms with Gasteiger partial charge >= 0.3 is 0 Å². The fraction of sp³-hybridized carbons (Fsp3) is 0.400. The second-order valence-electron chi connectivity index (χ2n) is 2.44. The molecule has 0 atom stereocenters. The van der Waals surface area contributed by atoms with Crippen LogP contribution in [0.15, 0.2) is 30.4 Å². The molecule has 0 bridgehead atoms. The van der Waals surface area contributed by atoms with E-state index >= 15 is 0 Å². The molecule has 1 aliphatic carbocycles. The first-order valence-electron chi connectivity index (χ1n) is 3.89. The van der Waals surface area contributed by atoms with Crippen LogP contribution in [0.4, 0.5) is 0 Å². The summed E-state index contributed by atoms with van der Waals surface area (Å²) in [5.74, 6) is 0. The van der Waals surface area contributed by atoms with Crippen LogP contribution in [0.3, 0.4) is 0 Å². The minimum absolute atomic E-state index is 1.18. The van der Waals surface area contributed by atoms with Crippen molar-refractivity contribution in [3.8, 4) is 0 Å². The van der Waals surface area contributed by atoms with Gasteiger partial charge < -0.3 is 0 Å². The van der Waals surface area contributed by atoms with Gasteiger partial charge in [0.15, 0.2) is 0 Å². The normalized spacial score (nSPS) is 19.2. The number of hydrogen-bond acceptors (Lipinski definition) is 0. The van der Waals surface area contributed by atoms with Crippen LogP contribution in [-0.4, -0.2) is 0 Å². The van der Waals surface area contributed by atoms with Gasteiger partial charge in [0.2, 0.25) is 0 Å². The van der Waals surface area contributed by atoms with Crippen LogP contribution in [0.2, 0.25) is 0 Å². The molecule has 53 valence electrons. The molecule has 0 N–H and O–H groups in total. The van der Waals surface area contributed by atoms with Crippen molar-refractivity contribution in [1.82, 2.24) is 0 Å². The highest BCUT2D eigenvalue weighted by molar-refractivity contribution is 5.07. The lowest BCUT2D eigenvalue weighted by Gasteiger charge is -1.92. The van der Waals surface area contributed by atoms with Gasteiger partial charge in [-0.2, -0.15) is 0 Å². The van der Waals surface area contributed by atoms with Gasteiger partial charge in [0.1, 0.15) is 0 Å². The maximum absolute atomic E-state index is 3.10. The maximum Gasteiger partial charge on any atom is -0.0227 e. The molecule has 1 rings (SSSR count). The van der Waals surface area contributed by atoms with Crippen molar-refractivity contribution >= 4 is 0 Å². The Hall–Kier alpha value is -0.780. The fourth-order valence-electron chi connectivity index (χ4n) is 0.946. The van der Waals surface area contributed by atoms with E-state index in [1.807, 2.05) is 12.2 Å². The molecule has 0 heterocycles. The Morgan fingerprint density at radius 2 is 1.90 bits per heavy atom. The van der Waals surface area contributed by atoms with Crippen molar-refractivity contribution < 1.29 is 0 Å². The van der Waals surface area contributed by atoms with E-state index in [-0.39, 0.29) is 0 Å². The molecule has 0 aliphatic heterocycles. The Kier molecular flexibility index (Phi) is 3.69. The van der Waals surface area contributed by atoms with Crippen LogP contribution in [0.5, 0.6) is 0 Å². The third kappa shape index (κ3) is 3.29. The van der Waals surface area contributed by atoms with Crippen LogP contribution < -0.4 is 0 Å². The van der Waals surface area contributed by atoms with Crippen LogP contribution >= 0.6 is 0 Å². The van der Waals surface area contributed by atoms with Crippen molar-refractivity contribution in [3.63, 3.8) is 0 Å². The Bertz CT molecular complexity index is 131. The van der Waals surface area contributed by atoms with E-state index in [2.05, 4.69) is 24.3 Å². The summed E-state index contributed by atoms with van der Waals surface area (Å²) in [6.45, 7) is 0. The lowest BCUT2D eigenvalue weighted by Crippen LogP contribution is -1.73. The van der Waals surface area contributed by atoms with Gasteiger partial charge in [0.25, 0.3) is 0 Å². The molecule has 0 nitrogen and oxygen atoms in total. The van der Waals surface area contributed by atoms with Crippen molar-refractivity contribution in [1.29, 1.82) is 0 Å². The highest BCUT2D eigenvalue weighted by Crippen LogP contribution is 2.02. The zero-order valence-electron chi connectivity index (χ0n) is 6.22. The zero-order chi connectivity index (χ0) is 7.07. The number of rotatable bonds is 0. The molecule has 0 amide bonds. The Balaban J connectivity index is 2.40. The van der Waals surface area contributed by atoms with Crippen LogP contribution in [0.25, 0.3) is 0 Å². The second kappa shape index (κ2) is 5.04. The first-order valence-corrected chi connectivity index (χ1v) is 3.89. The van der Waals surface area contributed by atoms with Gasteiger partial charge in [-0.3, -0.25) is 0 Å². The Labute approximate surface area is 62.9 Å². The molecule has 0 saturated carbocycles. The predicted octanol–water partition coefficient (Wildman–Crippen LogP) is 3.03. The quantitative estimate of drug-likeness (QED) is 0.476. The van der Waals surface area contributed by atoms with E-state index in [9.17, 15) is 0 Å². The van der Waals surface area contributed by atoms with E-state index < -0.39 is 0 Å². The summed E-state index contributed by atoms with van der Waals surface area (Å²) < 4.78 is 0. The Morgan fingerprint density at radius 3 is 2.90 bits per heavy atom. The van der Waals surface area contributed by atoms with Gasteiger partial charge in [-0.05, 0) is 31.8 Å². The van der Waals surface area contributed by atoms with Crippen LogP contribution in [0, 0.1) is 6.08 Å². The molecule has 0 aromatic carbocycles. The van der Waals surface area contributed by atoms with Gasteiger partial charge in [-0.25, -0.2) is 0 Å². The lowest BCUT2D eigenvalue weighted by atomic mass is 10.1. The second-order valence-corrected chi connectivity index (χ2v) is 2.44. The molecule has 0 aromatic heterocycles. The lowest BCUT2D eigenvalue weighted by molar-refractivity contribution is 0.761. The molecule has 0 heteroatoms. The van der Waals surface area contributed by atoms with E-state index in [0.717, 1.165) is 0 Å². The molecular weight excluding hydrogens is 120 g/mol. The molecule has 10 heavy (non-hydrogen) atoms. The molecule has 1 radical (unpaired) electrons. The largest absolute Gasteiger partial charge is 0.0845 e. The third-order valence-electron chi connectivity index (χ3n) is 1.53. The molecular formula is C10H13. The minimum atomic E-state index is 1.18. The first-order chi connectivity index (χ1) is 5.00. The summed E-state index contributed by atoms with van der Waals surface area (Å²) in [6, 6.07) is 0. The molecule has 0 fully saturated rings. The summed E-state index contributed by atoms with van der Waals surface area (Å²) in [7, 11) is 0. The van der Waals surface area contributed by atoms with Crippen molar-refractivity contribution in [2.24, 2.45) is 0 Å². The molecule has 0 aromatic rings. The Morgan fingerprint density at radius 1 is 1.00 bits per heavy atom. The summed E-state index contributed by atoms with van der Waals surface area (Å²) in [5, 5.41) is 0. The minimum Gasteiger partial charge on any atom is -0.0845 e. The van der Waals surface area contributed by atoms with Gasteiger partial charge in [0, 0.05) is 0 Å². The van der Waals surface area contributed by atoms with Crippen LogP contribution in [0.1, 0.15) is 25.7 Å². The monoisotopic (exact) mass is 133 g/mol. The predicted molar refractivity (Wildman–Crippen MR) is 44.6 cm³/mol. The highest BCUT2D eigenvalue weighted by Gasteiger charge is 1.83. The summed E-state index contributed by atoms with van der Waals surface area (Å²) in [5.41, 5.74) is 0. The van der Waals surface area contributed by atoms with E-state index in [0.29, 0.717) is 0 Å². The molecule has 1 aliphatic rings. The van der Waals surface area contributed by atoms with Crippen molar-refractivity contribution in [3.05, 3.63) is 36.5 Å². The van der Waals surface area contributed by atoms with Gasteiger partial charge in [0.05, 0.1) is 0 Å². The standard InChI is InChI=1S/C10H13/c1-2-4-6-8-10-9-7-5-3-1/h1-4,8H,5,7,9-10H2. The SMILES string of the molecule is [C]1=CCCCCC=CC=C1. The highest BCUT2D eigenvalue weighted by atomic mass is 13.9. The molecule has 0 spiro atoms. The summed E-state index contributed by atoms with van der Waals surface area (Å²) >= 11 is 0. The number of hydrogen-bond donors (Lipinski definition) is 0. The fourth-order valence-corrected chi connectivity index (χ4v) is 0.946. The molecule has 0 unspecified atom stereocenters. The van der Waals surface area contributed by atoms with Crippen molar-refractivity contribution in [2.75, 3.05) is 0 Å². The summed E-state index contributed by atoms with van der Waals surface area (Å²) in [6.07, 6.45) is 18.5. The van der Waals surface area contributed by atoms with Gasteiger partial charge in [-0.15, -0.1) is 0 Å². The average Bonchev–Trinajstić information content (AvgIpc) is 2.01. The van der Waals surface area contributed by atoms with E-state index in [1.165, 1.54) is 25.7 Å². The first kappa shape index (κ1) is 7.33. The van der Waals surface area contributed by atoms with Crippen LogP contribution in [-0.2, 0) is 0 Å². The maximum atomic E-state index is 3.10.